The van der Waals surface area contributed by atoms with Gasteiger partial charge >= 0.3 is 5.97 Å². The molecule has 0 radical (unpaired) electrons. The number of methoxy groups -OCH3 is 2. The lowest BCUT2D eigenvalue weighted by Crippen LogP contribution is -2.48. The Morgan fingerprint density at radius 1 is 1.25 bits per heavy atom. The molecule has 1 aliphatic carbocycles. The first kappa shape index (κ1) is 16.8. The summed E-state index contributed by atoms with van der Waals surface area (Å²) in [4.78, 5) is 26.8. The van der Waals surface area contributed by atoms with Crippen LogP contribution in [0.4, 0.5) is 0 Å². The lowest BCUT2D eigenvalue weighted by Gasteiger charge is -2.44. The van der Waals surface area contributed by atoms with Crippen molar-refractivity contribution in [2.75, 3.05) is 20.8 Å². The molecule has 130 valence electrons. The van der Waals surface area contributed by atoms with Crippen LogP contribution in [0.1, 0.15) is 31.7 Å². The van der Waals surface area contributed by atoms with Gasteiger partial charge in [0.2, 0.25) is 5.91 Å². The minimum Gasteiger partial charge on any atom is -0.497 e. The lowest BCUT2D eigenvalue weighted by molar-refractivity contribution is -0.158. The van der Waals surface area contributed by atoms with Gasteiger partial charge in [0.25, 0.3) is 0 Å². The molecule has 5 nitrogen and oxygen atoms in total. The minimum absolute atomic E-state index is 0.110. The van der Waals surface area contributed by atoms with E-state index in [4.69, 9.17) is 9.47 Å². The molecule has 1 aliphatic heterocycles. The Bertz CT molecular complexity index is 627. The van der Waals surface area contributed by atoms with Gasteiger partial charge in [-0.1, -0.05) is 19.1 Å². The fourth-order valence-corrected chi connectivity index (χ4v) is 4.08. The van der Waals surface area contributed by atoms with E-state index in [1.54, 1.807) is 7.11 Å². The van der Waals surface area contributed by atoms with Crippen molar-refractivity contribution in [2.45, 2.75) is 32.7 Å². The zero-order valence-electron chi connectivity index (χ0n) is 14.6. The fraction of sp³-hybridized carbons (Fsp3) is 0.579. The molecule has 2 fully saturated rings. The number of rotatable bonds is 5. The van der Waals surface area contributed by atoms with Gasteiger partial charge in [0.15, 0.2) is 0 Å². The number of likely N-dealkylation sites (tertiary alicyclic amines) is 1. The highest BCUT2D eigenvalue weighted by atomic mass is 16.5. The largest absolute Gasteiger partial charge is 0.497 e. The van der Waals surface area contributed by atoms with Crippen LogP contribution in [-0.4, -0.2) is 37.5 Å². The summed E-state index contributed by atoms with van der Waals surface area (Å²) in [7, 11) is 3.06. The van der Waals surface area contributed by atoms with Crippen LogP contribution in [0.25, 0.3) is 0 Å². The zero-order chi connectivity index (χ0) is 17.3. The van der Waals surface area contributed by atoms with Gasteiger partial charge < -0.3 is 14.4 Å². The molecule has 3 atom stereocenters. The van der Waals surface area contributed by atoms with Crippen LogP contribution in [0.2, 0.25) is 0 Å². The van der Waals surface area contributed by atoms with E-state index in [9.17, 15) is 9.59 Å². The number of nitrogens with zero attached hydrogens (tertiary/aromatic N) is 1. The Balaban J connectivity index is 1.68. The lowest BCUT2D eigenvalue weighted by atomic mass is 9.59. The number of amides is 1. The summed E-state index contributed by atoms with van der Waals surface area (Å²) in [6.07, 6.45) is 2.57. The van der Waals surface area contributed by atoms with Crippen LogP contribution < -0.4 is 4.74 Å². The third kappa shape index (κ3) is 2.76. The Labute approximate surface area is 142 Å². The van der Waals surface area contributed by atoms with E-state index in [-0.39, 0.29) is 23.7 Å². The van der Waals surface area contributed by atoms with E-state index in [2.05, 4.69) is 0 Å². The first-order valence-electron chi connectivity index (χ1n) is 8.49. The third-order valence-electron chi connectivity index (χ3n) is 5.81. The molecule has 3 rings (SSSR count). The molecule has 1 saturated heterocycles. The summed E-state index contributed by atoms with van der Waals surface area (Å²) in [5, 5.41) is 0. The molecule has 0 bridgehead atoms. The maximum Gasteiger partial charge on any atom is 0.308 e. The Morgan fingerprint density at radius 3 is 2.50 bits per heavy atom. The fourth-order valence-electron chi connectivity index (χ4n) is 4.08. The van der Waals surface area contributed by atoms with Crippen LogP contribution >= 0.6 is 0 Å². The monoisotopic (exact) mass is 331 g/mol. The molecule has 1 saturated carbocycles. The van der Waals surface area contributed by atoms with Crippen LogP contribution in [0, 0.1) is 17.3 Å². The van der Waals surface area contributed by atoms with E-state index >= 15 is 0 Å². The zero-order valence-corrected chi connectivity index (χ0v) is 14.6. The van der Waals surface area contributed by atoms with Gasteiger partial charge in [0.05, 0.1) is 25.6 Å². The van der Waals surface area contributed by atoms with Gasteiger partial charge in [0.1, 0.15) is 5.75 Å². The minimum atomic E-state index is -0.441. The maximum absolute atomic E-state index is 13.0. The average molecular weight is 331 g/mol. The molecule has 0 spiro atoms. The second-order valence-electron chi connectivity index (χ2n) is 7.06. The Morgan fingerprint density at radius 2 is 1.96 bits per heavy atom. The Kier molecular flexibility index (Phi) is 4.52. The number of esters is 1. The summed E-state index contributed by atoms with van der Waals surface area (Å²) in [6.45, 7) is 3.36. The maximum atomic E-state index is 13.0. The number of carbonyl (C=O) groups excluding carboxylic acids is 2. The van der Waals surface area contributed by atoms with Crippen molar-refractivity contribution >= 4 is 11.9 Å². The molecule has 3 unspecified atom stereocenters. The normalized spacial score (nSPS) is 29.3. The van der Waals surface area contributed by atoms with Gasteiger partial charge in [-0.3, -0.25) is 9.59 Å². The smallest absolute Gasteiger partial charge is 0.308 e. The highest BCUT2D eigenvalue weighted by Gasteiger charge is 2.55. The van der Waals surface area contributed by atoms with E-state index in [1.165, 1.54) is 7.11 Å². The van der Waals surface area contributed by atoms with Crippen LogP contribution in [0.15, 0.2) is 24.3 Å². The molecule has 5 heteroatoms. The molecule has 0 N–H and O–H groups in total. The van der Waals surface area contributed by atoms with Crippen LogP contribution in [0.3, 0.4) is 0 Å². The SMILES string of the molecule is COC(=O)C1CCC1C1(C)CCN(Cc2ccc(OC)cc2)C1=O. The number of ether oxygens (including phenoxy) is 2. The van der Waals surface area contributed by atoms with E-state index in [0.29, 0.717) is 6.54 Å². The van der Waals surface area contributed by atoms with Crippen molar-refractivity contribution in [1.29, 1.82) is 0 Å². The van der Waals surface area contributed by atoms with Crippen molar-refractivity contribution in [3.8, 4) is 5.75 Å². The molecular formula is C19H25NO4. The van der Waals surface area contributed by atoms with Gasteiger partial charge in [-0.2, -0.15) is 0 Å². The quantitative estimate of drug-likeness (QED) is 0.778. The Hall–Kier alpha value is -2.04. The number of hydrogen-bond acceptors (Lipinski definition) is 4. The molecule has 1 aromatic rings. The number of hydrogen-bond donors (Lipinski definition) is 0. The van der Waals surface area contributed by atoms with Crippen molar-refractivity contribution in [1.82, 2.24) is 4.90 Å². The van der Waals surface area contributed by atoms with Crippen molar-refractivity contribution in [3.05, 3.63) is 29.8 Å². The standard InChI is InChI=1S/C19H25NO4/c1-19(16-9-8-15(16)17(21)24-3)10-11-20(18(19)22)12-13-4-6-14(23-2)7-5-13/h4-7,15-16H,8-12H2,1-3H3. The van der Waals surface area contributed by atoms with Gasteiger partial charge in [-0.25, -0.2) is 0 Å². The summed E-state index contributed by atoms with van der Waals surface area (Å²) < 4.78 is 10.1. The van der Waals surface area contributed by atoms with Crippen molar-refractivity contribution in [3.63, 3.8) is 0 Å². The molecule has 24 heavy (non-hydrogen) atoms. The average Bonchev–Trinajstić information content (AvgIpc) is 2.83. The topological polar surface area (TPSA) is 55.8 Å². The molecule has 1 amide bonds. The third-order valence-corrected chi connectivity index (χ3v) is 5.81. The van der Waals surface area contributed by atoms with Crippen molar-refractivity contribution in [2.24, 2.45) is 17.3 Å². The second kappa shape index (κ2) is 6.46. The molecule has 1 aromatic carbocycles. The molecule has 0 aromatic heterocycles. The van der Waals surface area contributed by atoms with Crippen LogP contribution in [0.5, 0.6) is 5.75 Å². The predicted octanol–water partition coefficient (Wildman–Crippen LogP) is 2.63. The molecule has 1 heterocycles. The molecular weight excluding hydrogens is 306 g/mol. The van der Waals surface area contributed by atoms with Gasteiger partial charge in [-0.15, -0.1) is 0 Å². The van der Waals surface area contributed by atoms with Gasteiger partial charge in [0, 0.05) is 13.1 Å². The van der Waals surface area contributed by atoms with Crippen molar-refractivity contribution < 1.29 is 19.1 Å². The highest BCUT2D eigenvalue weighted by Crippen LogP contribution is 2.52. The number of benzene rings is 1. The first-order chi connectivity index (χ1) is 11.5. The predicted molar refractivity (Wildman–Crippen MR) is 89.4 cm³/mol. The van der Waals surface area contributed by atoms with Gasteiger partial charge in [-0.05, 0) is 42.9 Å². The second-order valence-corrected chi connectivity index (χ2v) is 7.06. The van der Waals surface area contributed by atoms with E-state index in [1.807, 2.05) is 36.1 Å². The molecule has 2 aliphatic rings. The number of carbonyl (C=O) groups is 2. The van der Waals surface area contributed by atoms with E-state index < -0.39 is 5.41 Å². The summed E-state index contributed by atoms with van der Waals surface area (Å²) in [5.74, 6) is 0.792. The summed E-state index contributed by atoms with van der Waals surface area (Å²) >= 11 is 0. The van der Waals surface area contributed by atoms with Crippen LogP contribution in [-0.2, 0) is 20.9 Å². The first-order valence-corrected chi connectivity index (χ1v) is 8.49. The summed E-state index contributed by atoms with van der Waals surface area (Å²) in [5.41, 5.74) is 0.648. The summed E-state index contributed by atoms with van der Waals surface area (Å²) in [6, 6.07) is 7.80. The highest BCUT2D eigenvalue weighted by molar-refractivity contribution is 5.86. The van der Waals surface area contributed by atoms with E-state index in [0.717, 1.165) is 37.1 Å².